The van der Waals surface area contributed by atoms with Gasteiger partial charge in [-0.25, -0.2) is 4.79 Å². The van der Waals surface area contributed by atoms with Gasteiger partial charge in [-0.2, -0.15) is 0 Å². The van der Waals surface area contributed by atoms with Crippen LogP contribution in [0.4, 0.5) is 10.5 Å². The molecule has 2 aliphatic rings. The molecule has 4 rings (SSSR count). The van der Waals surface area contributed by atoms with E-state index in [2.05, 4.69) is 17.6 Å². The van der Waals surface area contributed by atoms with Gasteiger partial charge >= 0.3 is 6.03 Å². The van der Waals surface area contributed by atoms with Crippen molar-refractivity contribution in [2.75, 3.05) is 25.0 Å². The highest BCUT2D eigenvalue weighted by Gasteiger charge is 2.38. The van der Waals surface area contributed by atoms with Gasteiger partial charge in [0.15, 0.2) is 0 Å². The second-order valence-electron chi connectivity index (χ2n) is 9.81. The van der Waals surface area contributed by atoms with E-state index in [1.807, 2.05) is 54.3 Å². The largest absolute Gasteiger partial charge is 0.340 e. The quantitative estimate of drug-likeness (QED) is 0.669. The van der Waals surface area contributed by atoms with Gasteiger partial charge in [0.25, 0.3) is 5.91 Å². The molecule has 0 radical (unpaired) electrons. The molecule has 2 atom stereocenters. The third kappa shape index (κ3) is 6.21. The maximum absolute atomic E-state index is 13.7. The summed E-state index contributed by atoms with van der Waals surface area (Å²) < 4.78 is 0. The lowest BCUT2D eigenvalue weighted by Gasteiger charge is -2.40. The zero-order valence-corrected chi connectivity index (χ0v) is 20.7. The fourth-order valence-corrected chi connectivity index (χ4v) is 5.07. The molecule has 0 bridgehead atoms. The van der Waals surface area contributed by atoms with Crippen molar-refractivity contribution in [2.45, 2.75) is 58.0 Å². The second-order valence-corrected chi connectivity index (χ2v) is 9.81. The minimum absolute atomic E-state index is 0.00374. The topological polar surface area (TPSA) is 81.8 Å². The Morgan fingerprint density at radius 1 is 0.886 bits per heavy atom. The summed E-state index contributed by atoms with van der Waals surface area (Å²) in [6.07, 6.45) is 4.43. The van der Waals surface area contributed by atoms with E-state index >= 15 is 0 Å². The number of piperidine rings is 2. The van der Waals surface area contributed by atoms with Gasteiger partial charge in [0.1, 0.15) is 6.04 Å². The van der Waals surface area contributed by atoms with Crippen LogP contribution >= 0.6 is 0 Å². The predicted octanol–water partition coefficient (Wildman–Crippen LogP) is 4.44. The number of rotatable bonds is 5. The number of hydrogen-bond acceptors (Lipinski definition) is 3. The zero-order chi connectivity index (χ0) is 24.8. The van der Waals surface area contributed by atoms with Crippen molar-refractivity contribution in [1.82, 2.24) is 15.1 Å². The molecule has 4 amide bonds. The molecule has 0 aliphatic carbocycles. The van der Waals surface area contributed by atoms with Gasteiger partial charge in [0.2, 0.25) is 5.91 Å². The molecule has 0 spiro atoms. The summed E-state index contributed by atoms with van der Waals surface area (Å²) in [7, 11) is 0. The summed E-state index contributed by atoms with van der Waals surface area (Å²) in [5, 5.41) is 6.02. The minimum Gasteiger partial charge on any atom is -0.340 e. The maximum Gasteiger partial charge on any atom is 0.321 e. The number of carbonyl (C=O) groups is 3. The van der Waals surface area contributed by atoms with Gasteiger partial charge in [0.05, 0.1) is 0 Å². The molecule has 7 heteroatoms. The Bertz CT molecular complexity index is 1020. The summed E-state index contributed by atoms with van der Waals surface area (Å²) in [4.78, 5) is 43.2. The van der Waals surface area contributed by atoms with E-state index in [1.54, 1.807) is 17.0 Å². The number of urea groups is 1. The van der Waals surface area contributed by atoms with Crippen molar-refractivity contribution in [1.29, 1.82) is 0 Å². The van der Waals surface area contributed by atoms with Crippen LogP contribution in [0, 0.1) is 12.8 Å². The molecule has 2 aromatic rings. The highest BCUT2D eigenvalue weighted by molar-refractivity contribution is 5.97. The van der Waals surface area contributed by atoms with Crippen LogP contribution in [0.2, 0.25) is 0 Å². The molecule has 35 heavy (non-hydrogen) atoms. The molecular weight excluding hydrogens is 440 g/mol. The molecule has 0 saturated carbocycles. The van der Waals surface area contributed by atoms with Gasteiger partial charge in [-0.15, -0.1) is 0 Å². The van der Waals surface area contributed by atoms with E-state index in [-0.39, 0.29) is 29.8 Å². The third-order valence-corrected chi connectivity index (χ3v) is 7.28. The molecule has 2 fully saturated rings. The van der Waals surface area contributed by atoms with E-state index < -0.39 is 6.04 Å². The summed E-state index contributed by atoms with van der Waals surface area (Å²) >= 11 is 0. The van der Waals surface area contributed by atoms with E-state index in [9.17, 15) is 14.4 Å². The van der Waals surface area contributed by atoms with Crippen LogP contribution in [0.5, 0.6) is 0 Å². The number of nitrogens with one attached hydrogen (secondary N) is 2. The van der Waals surface area contributed by atoms with Gasteiger partial charge in [-0.3, -0.25) is 9.59 Å². The molecule has 2 heterocycles. The molecule has 2 aliphatic heterocycles. The fourth-order valence-electron chi connectivity index (χ4n) is 5.07. The Kier molecular flexibility index (Phi) is 8.06. The van der Waals surface area contributed by atoms with Gasteiger partial charge in [-0.05, 0) is 76.1 Å². The first kappa shape index (κ1) is 24.8. The lowest BCUT2D eigenvalue weighted by molar-refractivity contribution is -0.138. The molecular formula is C28H36N4O3. The summed E-state index contributed by atoms with van der Waals surface area (Å²) in [5.41, 5.74) is 2.46. The van der Waals surface area contributed by atoms with Crippen LogP contribution in [-0.2, 0) is 4.79 Å². The first-order valence-electron chi connectivity index (χ1n) is 12.7. The second kappa shape index (κ2) is 11.4. The van der Waals surface area contributed by atoms with Crippen LogP contribution in [-0.4, -0.2) is 59.4 Å². The Hall–Kier alpha value is -3.35. The number of amides is 4. The number of anilines is 1. The van der Waals surface area contributed by atoms with Crippen molar-refractivity contribution < 1.29 is 14.4 Å². The lowest BCUT2D eigenvalue weighted by atomic mass is 9.87. The van der Waals surface area contributed by atoms with Crippen molar-refractivity contribution in [3.05, 3.63) is 65.7 Å². The lowest BCUT2D eigenvalue weighted by Crippen LogP contribution is -2.57. The van der Waals surface area contributed by atoms with Crippen LogP contribution in [0.1, 0.15) is 54.9 Å². The smallest absolute Gasteiger partial charge is 0.321 e. The average Bonchev–Trinajstić information content (AvgIpc) is 2.89. The van der Waals surface area contributed by atoms with E-state index in [0.29, 0.717) is 31.5 Å². The monoisotopic (exact) mass is 476 g/mol. The van der Waals surface area contributed by atoms with E-state index in [1.165, 1.54) is 0 Å². The highest BCUT2D eigenvalue weighted by Crippen LogP contribution is 2.26. The standard InChI is InChI=1S/C28H36N4O3/c1-20-11-13-24(14-12-20)29-28(35)31-18-15-22(16-19-31)25(27(34)32-17-7-6-8-21(32)2)30-26(33)23-9-4-3-5-10-23/h3-5,9-14,21-22,25H,6-8,15-19H2,1-2H3,(H,29,35)(H,30,33)/t21-,25-/m0/s1. The Morgan fingerprint density at radius 2 is 1.57 bits per heavy atom. The minimum atomic E-state index is -0.592. The van der Waals surface area contributed by atoms with Crippen molar-refractivity contribution in [3.8, 4) is 0 Å². The highest BCUT2D eigenvalue weighted by atomic mass is 16.2. The third-order valence-electron chi connectivity index (χ3n) is 7.28. The van der Waals surface area contributed by atoms with Crippen molar-refractivity contribution >= 4 is 23.5 Å². The molecule has 2 saturated heterocycles. The summed E-state index contributed by atoms with van der Waals surface area (Å²) in [6.45, 7) is 5.92. The first-order chi connectivity index (χ1) is 16.9. The Balaban J connectivity index is 1.43. The first-order valence-corrected chi connectivity index (χ1v) is 12.7. The number of carbonyl (C=O) groups excluding carboxylic acids is 3. The van der Waals surface area contributed by atoms with Gasteiger partial charge < -0.3 is 20.4 Å². The van der Waals surface area contributed by atoms with Crippen LogP contribution in [0.3, 0.4) is 0 Å². The summed E-state index contributed by atoms with van der Waals surface area (Å²) in [5.74, 6) is -0.245. The number of aryl methyl sites for hydroxylation is 1. The Morgan fingerprint density at radius 3 is 2.23 bits per heavy atom. The van der Waals surface area contributed by atoms with E-state index in [4.69, 9.17) is 0 Å². The zero-order valence-electron chi connectivity index (χ0n) is 20.7. The fraction of sp³-hybridized carbons (Fsp3) is 0.464. The molecule has 2 aromatic carbocycles. The van der Waals surface area contributed by atoms with Crippen LogP contribution in [0.15, 0.2) is 54.6 Å². The van der Waals surface area contributed by atoms with Crippen molar-refractivity contribution in [2.24, 2.45) is 5.92 Å². The normalized spacial score (nSPS) is 19.7. The maximum atomic E-state index is 13.7. The number of hydrogen-bond donors (Lipinski definition) is 2. The number of nitrogens with zero attached hydrogens (tertiary/aromatic N) is 2. The number of benzene rings is 2. The van der Waals surface area contributed by atoms with Crippen LogP contribution in [0.25, 0.3) is 0 Å². The van der Waals surface area contributed by atoms with E-state index in [0.717, 1.165) is 37.1 Å². The number of likely N-dealkylation sites (tertiary alicyclic amines) is 2. The van der Waals surface area contributed by atoms with Crippen LogP contribution < -0.4 is 10.6 Å². The summed E-state index contributed by atoms with van der Waals surface area (Å²) in [6, 6.07) is 16.2. The van der Waals surface area contributed by atoms with Gasteiger partial charge in [-0.1, -0.05) is 35.9 Å². The SMILES string of the molecule is Cc1ccc(NC(=O)N2CCC([C@H](NC(=O)c3ccccc3)C(=O)N3CCCC[C@@H]3C)CC2)cc1. The molecule has 0 aromatic heterocycles. The Labute approximate surface area is 207 Å². The molecule has 186 valence electrons. The molecule has 2 N–H and O–H groups in total. The van der Waals surface area contributed by atoms with Crippen molar-refractivity contribution in [3.63, 3.8) is 0 Å². The predicted molar refractivity (Wildman–Crippen MR) is 137 cm³/mol. The molecule has 0 unspecified atom stereocenters. The average molecular weight is 477 g/mol. The molecule has 7 nitrogen and oxygen atoms in total. The van der Waals surface area contributed by atoms with Gasteiger partial charge in [0, 0.05) is 36.9 Å².